The van der Waals surface area contributed by atoms with Crippen molar-refractivity contribution in [2.75, 3.05) is 7.11 Å². The second kappa shape index (κ2) is 11.0. The number of allylic oxidation sites excluding steroid dienone is 1. The van der Waals surface area contributed by atoms with E-state index in [0.29, 0.717) is 40.8 Å². The van der Waals surface area contributed by atoms with Crippen molar-refractivity contribution in [3.8, 4) is 5.75 Å². The van der Waals surface area contributed by atoms with Gasteiger partial charge in [0, 0.05) is 10.9 Å². The molecule has 1 N–H and O–H groups in total. The van der Waals surface area contributed by atoms with Gasteiger partial charge in [-0.3, -0.25) is 0 Å². The second-order valence-corrected chi connectivity index (χ2v) is 11.3. The summed E-state index contributed by atoms with van der Waals surface area (Å²) in [4.78, 5) is 29.3. The number of benzene rings is 3. The number of ether oxygens (including phenoxy) is 2. The quantitative estimate of drug-likeness (QED) is 0.258. The molecule has 6 nitrogen and oxygen atoms in total. The molecule has 3 aromatic carbocycles. The van der Waals surface area contributed by atoms with Crippen LogP contribution < -0.4 is 4.74 Å². The molecule has 1 aliphatic rings. The molecule has 0 saturated heterocycles. The van der Waals surface area contributed by atoms with Crippen molar-refractivity contribution in [1.29, 1.82) is 0 Å². The lowest BCUT2D eigenvalue weighted by Gasteiger charge is -2.36. The summed E-state index contributed by atoms with van der Waals surface area (Å²) in [5, 5.41) is 11.0. The highest BCUT2D eigenvalue weighted by Gasteiger charge is 2.35. The van der Waals surface area contributed by atoms with Crippen molar-refractivity contribution < 1.29 is 24.2 Å². The number of nitrogens with zero attached hydrogens (tertiary/aromatic N) is 1. The van der Waals surface area contributed by atoms with Crippen molar-refractivity contribution in [1.82, 2.24) is 4.98 Å². The van der Waals surface area contributed by atoms with Crippen LogP contribution in [0, 0.1) is 11.3 Å². The summed E-state index contributed by atoms with van der Waals surface area (Å²) in [5.74, 6) is -0.344. The van der Waals surface area contributed by atoms with Gasteiger partial charge < -0.3 is 14.6 Å². The summed E-state index contributed by atoms with van der Waals surface area (Å²) in [5.41, 5.74) is 5.87. The van der Waals surface area contributed by atoms with Crippen molar-refractivity contribution >= 4 is 34.5 Å². The fraction of sp³-hybridized carbons (Fsp3) is 0.265. The first kappa shape index (κ1) is 27.1. The Kier molecular flexibility index (Phi) is 7.44. The molecule has 4 aromatic rings. The van der Waals surface area contributed by atoms with E-state index in [1.807, 2.05) is 60.7 Å². The van der Waals surface area contributed by atoms with Crippen LogP contribution in [0.15, 0.2) is 72.8 Å². The van der Waals surface area contributed by atoms with E-state index in [0.717, 1.165) is 34.4 Å². The van der Waals surface area contributed by atoms with Gasteiger partial charge in [0.15, 0.2) is 0 Å². The Labute approximate surface area is 234 Å². The largest absolute Gasteiger partial charge is 0.488 e. The Hall–Kier alpha value is -4.45. The Morgan fingerprint density at radius 1 is 0.975 bits per heavy atom. The Bertz CT molecular complexity index is 1610. The van der Waals surface area contributed by atoms with Gasteiger partial charge in [-0.15, -0.1) is 0 Å². The smallest absolute Gasteiger partial charge is 0.337 e. The number of hydrogen-bond donors (Lipinski definition) is 1. The number of carboxylic acids is 1. The molecule has 6 heteroatoms. The molecular weight excluding hydrogens is 502 g/mol. The summed E-state index contributed by atoms with van der Waals surface area (Å²) >= 11 is 0. The van der Waals surface area contributed by atoms with Crippen molar-refractivity contribution in [3.63, 3.8) is 0 Å². The van der Waals surface area contributed by atoms with Gasteiger partial charge in [0.25, 0.3) is 0 Å². The maximum absolute atomic E-state index is 12.6. The predicted molar refractivity (Wildman–Crippen MR) is 156 cm³/mol. The van der Waals surface area contributed by atoms with Gasteiger partial charge in [-0.2, -0.15) is 0 Å². The third-order valence-corrected chi connectivity index (χ3v) is 7.67. The van der Waals surface area contributed by atoms with Crippen LogP contribution in [0.4, 0.5) is 0 Å². The zero-order valence-corrected chi connectivity index (χ0v) is 23.2. The SMILES string of the molecule is COC(=O)c1ccc(COc2ccccc2/C=C2/C[C@@H](C(C)(C)C)Cc3c2nc2ccccc2c3C(=O)O)cc1. The first-order valence-electron chi connectivity index (χ1n) is 13.4. The highest BCUT2D eigenvalue weighted by atomic mass is 16.5. The number of aromatic carboxylic acids is 1. The van der Waals surface area contributed by atoms with Gasteiger partial charge in [0.1, 0.15) is 12.4 Å². The standard InChI is InChI=1S/C34H33NO5/c1-34(2,3)25-18-24(31-27(19-25)30(32(36)37)26-10-6-7-11-28(26)35-31)17-23-9-5-8-12-29(23)40-20-21-13-15-22(16-14-21)33(38)39-4/h5-17,25H,18-20H2,1-4H3,(H,36,37)/b24-17-/t25-/m1/s1. The van der Waals surface area contributed by atoms with Crippen LogP contribution in [-0.4, -0.2) is 29.1 Å². The molecule has 1 heterocycles. The van der Waals surface area contributed by atoms with Crippen LogP contribution in [0.1, 0.15) is 70.3 Å². The minimum Gasteiger partial charge on any atom is -0.488 e. The third kappa shape index (κ3) is 5.48. The van der Waals surface area contributed by atoms with Gasteiger partial charge in [0.2, 0.25) is 0 Å². The number of rotatable bonds is 6. The van der Waals surface area contributed by atoms with Crippen LogP contribution >= 0.6 is 0 Å². The average Bonchev–Trinajstić information content (AvgIpc) is 2.94. The molecule has 1 aliphatic carbocycles. The number of carbonyl (C=O) groups excluding carboxylic acids is 1. The minimum atomic E-state index is -0.925. The number of para-hydroxylation sites is 2. The Balaban J connectivity index is 1.55. The lowest BCUT2D eigenvalue weighted by Crippen LogP contribution is -2.28. The van der Waals surface area contributed by atoms with Crippen molar-refractivity contribution in [2.24, 2.45) is 11.3 Å². The van der Waals surface area contributed by atoms with E-state index >= 15 is 0 Å². The number of carboxylic acid groups (broad SMARTS) is 1. The number of carbonyl (C=O) groups is 2. The predicted octanol–water partition coefficient (Wildman–Crippen LogP) is 7.45. The van der Waals surface area contributed by atoms with Gasteiger partial charge in [-0.25, -0.2) is 14.6 Å². The number of aromatic nitrogens is 1. The molecule has 5 rings (SSSR count). The van der Waals surface area contributed by atoms with E-state index in [9.17, 15) is 14.7 Å². The molecule has 40 heavy (non-hydrogen) atoms. The summed E-state index contributed by atoms with van der Waals surface area (Å²) in [6, 6.07) is 22.4. The zero-order chi connectivity index (χ0) is 28.4. The fourth-order valence-electron chi connectivity index (χ4n) is 5.32. The summed E-state index contributed by atoms with van der Waals surface area (Å²) in [6.45, 7) is 6.95. The third-order valence-electron chi connectivity index (χ3n) is 7.67. The molecule has 0 spiro atoms. The Morgan fingerprint density at radius 2 is 1.68 bits per heavy atom. The number of esters is 1. The van der Waals surface area contributed by atoms with E-state index in [4.69, 9.17) is 14.5 Å². The van der Waals surface area contributed by atoms with E-state index in [-0.39, 0.29) is 17.3 Å². The van der Waals surface area contributed by atoms with E-state index in [1.165, 1.54) is 7.11 Å². The number of pyridine rings is 1. The maximum Gasteiger partial charge on any atom is 0.337 e. The summed E-state index contributed by atoms with van der Waals surface area (Å²) < 4.78 is 11.0. The molecule has 0 radical (unpaired) electrons. The first-order chi connectivity index (χ1) is 19.2. The van der Waals surface area contributed by atoms with Crippen molar-refractivity contribution in [3.05, 3.63) is 106 Å². The van der Waals surface area contributed by atoms with E-state index in [1.54, 1.807) is 12.1 Å². The van der Waals surface area contributed by atoms with E-state index < -0.39 is 5.97 Å². The van der Waals surface area contributed by atoms with Crippen molar-refractivity contribution in [2.45, 2.75) is 40.2 Å². The van der Waals surface area contributed by atoms with Crippen LogP contribution in [0.25, 0.3) is 22.6 Å². The number of hydrogen-bond acceptors (Lipinski definition) is 5. The second-order valence-electron chi connectivity index (χ2n) is 11.3. The van der Waals surface area contributed by atoms with Gasteiger partial charge in [0.05, 0.1) is 29.4 Å². The number of methoxy groups -OCH3 is 1. The topological polar surface area (TPSA) is 85.7 Å². The average molecular weight is 536 g/mol. The summed E-state index contributed by atoms with van der Waals surface area (Å²) in [6.07, 6.45) is 3.54. The Morgan fingerprint density at radius 3 is 2.38 bits per heavy atom. The van der Waals surface area contributed by atoms with Gasteiger partial charge in [-0.05, 0) is 71.2 Å². The molecule has 1 atom stereocenters. The monoisotopic (exact) mass is 535 g/mol. The molecule has 1 aromatic heterocycles. The summed E-state index contributed by atoms with van der Waals surface area (Å²) in [7, 11) is 1.36. The molecular formula is C34H33NO5. The maximum atomic E-state index is 12.6. The van der Waals surface area contributed by atoms with Crippen LogP contribution in [0.5, 0.6) is 5.75 Å². The minimum absolute atomic E-state index is 0.0232. The normalized spacial score (nSPS) is 16.0. The molecule has 0 fully saturated rings. The zero-order valence-electron chi connectivity index (χ0n) is 23.2. The molecule has 204 valence electrons. The molecule has 0 saturated carbocycles. The molecule has 0 bridgehead atoms. The van der Waals surface area contributed by atoms with Gasteiger partial charge >= 0.3 is 11.9 Å². The highest BCUT2D eigenvalue weighted by Crippen LogP contribution is 2.45. The fourth-order valence-corrected chi connectivity index (χ4v) is 5.32. The van der Waals surface area contributed by atoms with E-state index in [2.05, 4.69) is 26.8 Å². The van der Waals surface area contributed by atoms with Gasteiger partial charge in [-0.1, -0.05) is 69.3 Å². The van der Waals surface area contributed by atoms with Crippen LogP contribution in [0.3, 0.4) is 0 Å². The first-order valence-corrected chi connectivity index (χ1v) is 13.4. The highest BCUT2D eigenvalue weighted by molar-refractivity contribution is 6.06. The number of fused-ring (bicyclic) bond motifs is 2. The molecule has 0 aliphatic heterocycles. The molecule has 0 amide bonds. The lowest BCUT2D eigenvalue weighted by atomic mass is 9.69. The lowest BCUT2D eigenvalue weighted by molar-refractivity contribution is 0.0599. The van der Waals surface area contributed by atoms with Crippen LogP contribution in [0.2, 0.25) is 0 Å². The molecule has 0 unspecified atom stereocenters. The van der Waals surface area contributed by atoms with Crippen LogP contribution in [-0.2, 0) is 17.8 Å².